The number of nitrogens with zero attached hydrogens (tertiary/aromatic N) is 2. The van der Waals surface area contributed by atoms with Crippen LogP contribution in [0.1, 0.15) is 18.1 Å². The van der Waals surface area contributed by atoms with Crippen molar-refractivity contribution in [2.75, 3.05) is 44.9 Å². The van der Waals surface area contributed by atoms with Crippen molar-refractivity contribution in [1.29, 1.82) is 0 Å². The molecule has 1 fully saturated rings. The number of hydrogen-bond donors (Lipinski definition) is 0. The molecule has 3 rings (SSSR count). The molecule has 0 aliphatic carbocycles. The van der Waals surface area contributed by atoms with Gasteiger partial charge in [0.05, 0.1) is 13.2 Å². The van der Waals surface area contributed by atoms with Gasteiger partial charge in [0.1, 0.15) is 5.75 Å². The van der Waals surface area contributed by atoms with Gasteiger partial charge in [-0.2, -0.15) is 0 Å². The van der Waals surface area contributed by atoms with E-state index in [4.69, 9.17) is 9.47 Å². The zero-order valence-electron chi connectivity index (χ0n) is 16.2. The Kier molecular flexibility index (Phi) is 6.71. The molecule has 5 nitrogen and oxygen atoms in total. The van der Waals surface area contributed by atoms with Crippen molar-refractivity contribution < 1.29 is 14.3 Å². The summed E-state index contributed by atoms with van der Waals surface area (Å²) >= 11 is 0. The summed E-state index contributed by atoms with van der Waals surface area (Å²) in [5, 5.41) is 0. The maximum atomic E-state index is 12.3. The van der Waals surface area contributed by atoms with Crippen molar-refractivity contribution in [3.8, 4) is 5.75 Å². The standard InChI is InChI=1S/C22H28N2O3/c1-3-18-6-10-21(11-7-18)27-17-22(25)23(2)16-19-4-8-20(9-5-19)24-12-14-26-15-13-24/h4-11H,3,12-17H2,1-2H3. The summed E-state index contributed by atoms with van der Waals surface area (Å²) in [4.78, 5) is 16.4. The van der Waals surface area contributed by atoms with E-state index in [2.05, 4.69) is 36.1 Å². The number of likely N-dealkylation sites (N-methyl/N-ethyl adjacent to an activating group) is 1. The van der Waals surface area contributed by atoms with Crippen LogP contribution in [0.15, 0.2) is 48.5 Å². The Hall–Kier alpha value is -2.53. The van der Waals surface area contributed by atoms with Crippen LogP contribution in [0.2, 0.25) is 0 Å². The summed E-state index contributed by atoms with van der Waals surface area (Å²) in [5.41, 5.74) is 3.57. The van der Waals surface area contributed by atoms with E-state index in [1.807, 2.05) is 31.3 Å². The first-order valence-electron chi connectivity index (χ1n) is 9.53. The molecule has 144 valence electrons. The molecule has 2 aromatic carbocycles. The van der Waals surface area contributed by atoms with Crippen LogP contribution in [0.25, 0.3) is 0 Å². The molecule has 0 bridgehead atoms. The lowest BCUT2D eigenvalue weighted by Gasteiger charge is -2.29. The van der Waals surface area contributed by atoms with Crippen molar-refractivity contribution in [2.45, 2.75) is 19.9 Å². The second-order valence-corrected chi connectivity index (χ2v) is 6.80. The van der Waals surface area contributed by atoms with Gasteiger partial charge >= 0.3 is 0 Å². The molecule has 0 radical (unpaired) electrons. The summed E-state index contributed by atoms with van der Waals surface area (Å²) < 4.78 is 11.0. The van der Waals surface area contributed by atoms with Gasteiger partial charge in [0.2, 0.25) is 0 Å². The van der Waals surface area contributed by atoms with Gasteiger partial charge in [0.15, 0.2) is 6.61 Å². The molecule has 0 atom stereocenters. The zero-order valence-corrected chi connectivity index (χ0v) is 16.2. The molecular weight excluding hydrogens is 340 g/mol. The third kappa shape index (κ3) is 5.47. The fourth-order valence-corrected chi connectivity index (χ4v) is 3.07. The molecule has 27 heavy (non-hydrogen) atoms. The maximum Gasteiger partial charge on any atom is 0.260 e. The van der Waals surface area contributed by atoms with E-state index in [0.29, 0.717) is 6.54 Å². The molecule has 0 N–H and O–H groups in total. The Morgan fingerprint density at radius 2 is 1.67 bits per heavy atom. The van der Waals surface area contributed by atoms with E-state index < -0.39 is 0 Å². The van der Waals surface area contributed by atoms with E-state index >= 15 is 0 Å². The zero-order chi connectivity index (χ0) is 19.1. The van der Waals surface area contributed by atoms with Crippen LogP contribution in [0.4, 0.5) is 5.69 Å². The van der Waals surface area contributed by atoms with Gasteiger partial charge in [-0.25, -0.2) is 0 Å². The van der Waals surface area contributed by atoms with Gasteiger partial charge in [0, 0.05) is 32.4 Å². The molecule has 2 aromatic rings. The highest BCUT2D eigenvalue weighted by molar-refractivity contribution is 5.77. The summed E-state index contributed by atoms with van der Waals surface area (Å²) in [7, 11) is 1.81. The molecular formula is C22H28N2O3. The minimum absolute atomic E-state index is 0.0353. The number of carbonyl (C=O) groups excluding carboxylic acids is 1. The quantitative estimate of drug-likeness (QED) is 0.753. The summed E-state index contributed by atoms with van der Waals surface area (Å²) in [6, 6.07) is 16.3. The predicted molar refractivity (Wildman–Crippen MR) is 107 cm³/mol. The topological polar surface area (TPSA) is 42.0 Å². The average molecular weight is 368 g/mol. The van der Waals surface area contributed by atoms with Crippen LogP contribution in [0, 0.1) is 0 Å². The SMILES string of the molecule is CCc1ccc(OCC(=O)N(C)Cc2ccc(N3CCOCC3)cc2)cc1. The number of rotatable bonds is 7. The first-order valence-corrected chi connectivity index (χ1v) is 9.53. The van der Waals surface area contributed by atoms with Crippen molar-refractivity contribution in [3.05, 3.63) is 59.7 Å². The molecule has 0 unspecified atom stereocenters. The molecule has 1 aliphatic heterocycles. The Labute approximate surface area is 161 Å². The van der Waals surface area contributed by atoms with Gasteiger partial charge in [0.25, 0.3) is 5.91 Å². The number of benzene rings is 2. The lowest BCUT2D eigenvalue weighted by molar-refractivity contribution is -0.132. The fourth-order valence-electron chi connectivity index (χ4n) is 3.07. The number of anilines is 1. The van der Waals surface area contributed by atoms with Crippen LogP contribution < -0.4 is 9.64 Å². The highest BCUT2D eigenvalue weighted by Gasteiger charge is 2.13. The van der Waals surface area contributed by atoms with E-state index in [1.54, 1.807) is 4.90 Å². The van der Waals surface area contributed by atoms with Gasteiger partial charge in [-0.15, -0.1) is 0 Å². The van der Waals surface area contributed by atoms with Crippen molar-refractivity contribution in [2.24, 2.45) is 0 Å². The van der Waals surface area contributed by atoms with Gasteiger partial charge in [-0.05, 0) is 41.8 Å². The fraction of sp³-hybridized carbons (Fsp3) is 0.409. The van der Waals surface area contributed by atoms with E-state index in [-0.39, 0.29) is 12.5 Å². The van der Waals surface area contributed by atoms with Crippen LogP contribution in [0.5, 0.6) is 5.75 Å². The maximum absolute atomic E-state index is 12.3. The lowest BCUT2D eigenvalue weighted by Crippen LogP contribution is -2.36. The monoisotopic (exact) mass is 368 g/mol. The first kappa shape index (κ1) is 19.2. The smallest absolute Gasteiger partial charge is 0.260 e. The molecule has 0 saturated carbocycles. The molecule has 1 aliphatic rings. The van der Waals surface area contributed by atoms with E-state index in [9.17, 15) is 4.79 Å². The Morgan fingerprint density at radius 3 is 2.30 bits per heavy atom. The van der Waals surface area contributed by atoms with Crippen molar-refractivity contribution in [3.63, 3.8) is 0 Å². The Morgan fingerprint density at radius 1 is 1.04 bits per heavy atom. The molecule has 5 heteroatoms. The number of hydrogen-bond acceptors (Lipinski definition) is 4. The third-order valence-electron chi connectivity index (χ3n) is 4.85. The van der Waals surface area contributed by atoms with Crippen molar-refractivity contribution in [1.82, 2.24) is 4.90 Å². The second-order valence-electron chi connectivity index (χ2n) is 6.80. The minimum Gasteiger partial charge on any atom is -0.484 e. The van der Waals surface area contributed by atoms with E-state index in [1.165, 1.54) is 11.3 Å². The van der Waals surface area contributed by atoms with Gasteiger partial charge < -0.3 is 19.3 Å². The predicted octanol–water partition coefficient (Wildman–Crippen LogP) is 3.12. The Balaban J connectivity index is 1.48. The highest BCUT2D eigenvalue weighted by Crippen LogP contribution is 2.17. The van der Waals surface area contributed by atoms with Crippen LogP contribution >= 0.6 is 0 Å². The Bertz CT molecular complexity index is 722. The molecule has 0 aromatic heterocycles. The largest absolute Gasteiger partial charge is 0.484 e. The van der Waals surface area contributed by atoms with E-state index in [0.717, 1.165) is 44.0 Å². The number of aryl methyl sites for hydroxylation is 1. The molecule has 0 spiro atoms. The first-order chi connectivity index (χ1) is 13.2. The average Bonchev–Trinajstić information content (AvgIpc) is 2.73. The number of morpholine rings is 1. The van der Waals surface area contributed by atoms with Crippen molar-refractivity contribution >= 4 is 11.6 Å². The molecule has 1 heterocycles. The number of carbonyl (C=O) groups is 1. The minimum atomic E-state index is -0.0353. The summed E-state index contributed by atoms with van der Waals surface area (Å²) in [6.45, 7) is 6.14. The normalized spacial score (nSPS) is 14.1. The molecule has 1 saturated heterocycles. The second kappa shape index (κ2) is 9.42. The lowest BCUT2D eigenvalue weighted by atomic mass is 10.1. The van der Waals surface area contributed by atoms with Crippen LogP contribution in [-0.2, 0) is 22.5 Å². The number of ether oxygens (including phenoxy) is 2. The van der Waals surface area contributed by atoms with Crippen LogP contribution in [0.3, 0.4) is 0 Å². The summed E-state index contributed by atoms with van der Waals surface area (Å²) in [6.07, 6.45) is 0.992. The number of amides is 1. The van der Waals surface area contributed by atoms with Gasteiger partial charge in [-0.1, -0.05) is 31.2 Å². The third-order valence-corrected chi connectivity index (χ3v) is 4.85. The highest BCUT2D eigenvalue weighted by atomic mass is 16.5. The van der Waals surface area contributed by atoms with Gasteiger partial charge in [-0.3, -0.25) is 4.79 Å². The van der Waals surface area contributed by atoms with Crippen LogP contribution in [-0.4, -0.2) is 50.8 Å². The molecule has 1 amide bonds. The summed E-state index contributed by atoms with van der Waals surface area (Å²) in [5.74, 6) is 0.690.